The molecular formula is C22H24FN3O2S. The number of rotatable bonds is 2. The van der Waals surface area contributed by atoms with Crippen LogP contribution in [0, 0.1) is 12.7 Å². The first-order chi connectivity index (χ1) is 13.7. The van der Waals surface area contributed by atoms with Crippen molar-refractivity contribution in [1.82, 2.24) is 4.90 Å². The van der Waals surface area contributed by atoms with Crippen LogP contribution in [0.2, 0.25) is 0 Å². The molecular weight excluding hydrogens is 389 g/mol. The zero-order chi connectivity index (χ0) is 21.0. The Morgan fingerprint density at radius 1 is 1.24 bits per heavy atom. The number of thioether (sulfide) groups is 1. The minimum absolute atomic E-state index is 0.199. The van der Waals surface area contributed by atoms with E-state index in [0.717, 1.165) is 5.56 Å². The Kier molecular flexibility index (Phi) is 4.61. The van der Waals surface area contributed by atoms with Gasteiger partial charge in [-0.15, -0.1) is 11.8 Å². The fourth-order valence-electron chi connectivity index (χ4n) is 4.20. The highest BCUT2D eigenvalue weighted by molar-refractivity contribution is 8.02. The van der Waals surface area contributed by atoms with Gasteiger partial charge in [0, 0.05) is 29.1 Å². The van der Waals surface area contributed by atoms with Gasteiger partial charge in [0.1, 0.15) is 5.82 Å². The summed E-state index contributed by atoms with van der Waals surface area (Å²) in [5, 5.41) is 2.92. The Morgan fingerprint density at radius 3 is 2.69 bits per heavy atom. The number of hydrogen-bond donors (Lipinski definition) is 1. The number of urea groups is 1. The van der Waals surface area contributed by atoms with Crippen LogP contribution in [-0.2, 0) is 9.67 Å². The number of anilines is 2. The maximum Gasteiger partial charge on any atom is 0.323 e. The Balaban J connectivity index is 1.81. The standard InChI is InChI=1S/C22H24FN3O2S/c1-5-25-18-10-9-15(23)12-17(18)22(19(25)27)26(13-21(3,4)29-22)20(28)24-16-8-6-7-14(2)11-16/h6-12H,5,13H2,1-4H3,(H,24,28). The molecule has 2 aliphatic heterocycles. The number of fused-ring (bicyclic) bond motifs is 2. The fourth-order valence-corrected chi connectivity index (χ4v) is 5.93. The lowest BCUT2D eigenvalue weighted by Crippen LogP contribution is -2.51. The van der Waals surface area contributed by atoms with E-state index in [1.54, 1.807) is 15.9 Å². The fraction of sp³-hybridized carbons (Fsp3) is 0.364. The predicted octanol–water partition coefficient (Wildman–Crippen LogP) is 4.71. The first-order valence-electron chi connectivity index (χ1n) is 9.65. The van der Waals surface area contributed by atoms with Crippen LogP contribution in [0.15, 0.2) is 42.5 Å². The third-order valence-corrected chi connectivity index (χ3v) is 6.92. The van der Waals surface area contributed by atoms with Gasteiger partial charge in [0.05, 0.1) is 5.69 Å². The second-order valence-electron chi connectivity index (χ2n) is 8.10. The largest absolute Gasteiger partial charge is 0.323 e. The average Bonchev–Trinajstić information content (AvgIpc) is 3.07. The molecule has 1 saturated heterocycles. The van der Waals surface area contributed by atoms with Crippen molar-refractivity contribution in [2.24, 2.45) is 0 Å². The highest BCUT2D eigenvalue weighted by Gasteiger charge is 2.63. The molecule has 1 unspecified atom stereocenters. The highest BCUT2D eigenvalue weighted by Crippen LogP contribution is 2.59. The van der Waals surface area contributed by atoms with Gasteiger partial charge in [0.15, 0.2) is 4.87 Å². The van der Waals surface area contributed by atoms with Crippen molar-refractivity contribution in [3.8, 4) is 0 Å². The average molecular weight is 414 g/mol. The maximum atomic E-state index is 14.2. The molecule has 1 N–H and O–H groups in total. The smallest absolute Gasteiger partial charge is 0.309 e. The SMILES string of the molecule is CCN1C(=O)C2(SC(C)(C)CN2C(=O)Nc2cccc(C)c2)c2cc(F)ccc21. The Bertz CT molecular complexity index is 1010. The van der Waals surface area contributed by atoms with Gasteiger partial charge in [0.25, 0.3) is 5.91 Å². The second-order valence-corrected chi connectivity index (χ2v) is 10.0. The Morgan fingerprint density at radius 2 is 2.00 bits per heavy atom. The van der Waals surface area contributed by atoms with E-state index in [9.17, 15) is 14.0 Å². The first-order valence-corrected chi connectivity index (χ1v) is 10.5. The van der Waals surface area contributed by atoms with Crippen molar-refractivity contribution < 1.29 is 14.0 Å². The van der Waals surface area contributed by atoms with Crippen molar-refractivity contribution in [2.45, 2.75) is 37.3 Å². The van der Waals surface area contributed by atoms with Crippen LogP contribution in [0.3, 0.4) is 0 Å². The Hall–Kier alpha value is -2.54. The number of amides is 3. The van der Waals surface area contributed by atoms with Crippen molar-refractivity contribution in [3.05, 3.63) is 59.4 Å². The summed E-state index contributed by atoms with van der Waals surface area (Å²) >= 11 is 1.41. The van der Waals surface area contributed by atoms with Crippen LogP contribution >= 0.6 is 11.8 Å². The third-order valence-electron chi connectivity index (χ3n) is 5.32. The number of halogens is 1. The van der Waals surface area contributed by atoms with Gasteiger partial charge in [-0.1, -0.05) is 12.1 Å². The van der Waals surface area contributed by atoms with Crippen LogP contribution < -0.4 is 10.2 Å². The predicted molar refractivity (Wildman–Crippen MR) is 115 cm³/mol. The summed E-state index contributed by atoms with van der Waals surface area (Å²) < 4.78 is 13.8. The quantitative estimate of drug-likeness (QED) is 0.776. The number of aryl methyl sites for hydroxylation is 1. The van der Waals surface area contributed by atoms with E-state index < -0.39 is 10.7 Å². The topological polar surface area (TPSA) is 52.7 Å². The molecule has 2 aromatic carbocycles. The second kappa shape index (κ2) is 6.76. The van der Waals surface area contributed by atoms with Crippen molar-refractivity contribution >= 4 is 35.1 Å². The molecule has 7 heteroatoms. The molecule has 0 radical (unpaired) electrons. The van der Waals surface area contributed by atoms with Gasteiger partial charge in [-0.2, -0.15) is 0 Å². The van der Waals surface area contributed by atoms with Crippen LogP contribution in [-0.4, -0.2) is 34.7 Å². The molecule has 2 heterocycles. The van der Waals surface area contributed by atoms with Gasteiger partial charge in [-0.25, -0.2) is 9.18 Å². The summed E-state index contributed by atoms with van der Waals surface area (Å²) in [4.78, 5) is 28.9. The highest BCUT2D eigenvalue weighted by atomic mass is 32.2. The third kappa shape index (κ3) is 3.08. The summed E-state index contributed by atoms with van der Waals surface area (Å²) in [6.45, 7) is 8.65. The van der Waals surface area contributed by atoms with Gasteiger partial charge in [-0.3, -0.25) is 9.69 Å². The molecule has 29 heavy (non-hydrogen) atoms. The number of benzene rings is 2. The summed E-state index contributed by atoms with van der Waals surface area (Å²) in [6, 6.07) is 11.5. The normalized spacial score (nSPS) is 22.3. The maximum absolute atomic E-state index is 14.2. The lowest BCUT2D eigenvalue weighted by atomic mass is 10.0. The molecule has 2 aromatic rings. The molecule has 1 spiro atoms. The van der Waals surface area contributed by atoms with Crippen LogP contribution in [0.1, 0.15) is 31.9 Å². The number of hydrogen-bond acceptors (Lipinski definition) is 3. The monoisotopic (exact) mass is 413 g/mol. The number of nitrogens with one attached hydrogen (secondary N) is 1. The Labute approximate surface area is 174 Å². The zero-order valence-electron chi connectivity index (χ0n) is 17.0. The summed E-state index contributed by atoms with van der Waals surface area (Å²) in [6.07, 6.45) is 0. The van der Waals surface area contributed by atoms with Gasteiger partial charge >= 0.3 is 6.03 Å². The van der Waals surface area contributed by atoms with Crippen LogP contribution in [0.4, 0.5) is 20.6 Å². The number of carbonyl (C=O) groups is 2. The van der Waals surface area contributed by atoms with Crippen molar-refractivity contribution in [3.63, 3.8) is 0 Å². The molecule has 0 aromatic heterocycles. The van der Waals surface area contributed by atoms with E-state index in [-0.39, 0.29) is 16.7 Å². The molecule has 1 fully saturated rings. The minimum Gasteiger partial charge on any atom is -0.309 e. The minimum atomic E-state index is -1.27. The number of likely N-dealkylation sites (N-methyl/N-ethyl adjacent to an activating group) is 1. The van der Waals surface area contributed by atoms with E-state index in [1.165, 1.54) is 23.9 Å². The molecule has 0 saturated carbocycles. The number of nitrogens with zero attached hydrogens (tertiary/aromatic N) is 2. The van der Waals surface area contributed by atoms with Crippen LogP contribution in [0.25, 0.3) is 0 Å². The van der Waals surface area contributed by atoms with Gasteiger partial charge in [0.2, 0.25) is 0 Å². The molecule has 2 aliphatic rings. The van der Waals surface area contributed by atoms with Gasteiger partial charge in [-0.05, 0) is 63.6 Å². The van der Waals surface area contributed by atoms with E-state index in [1.807, 2.05) is 52.0 Å². The zero-order valence-corrected chi connectivity index (χ0v) is 17.8. The van der Waals surface area contributed by atoms with Crippen molar-refractivity contribution in [2.75, 3.05) is 23.3 Å². The summed E-state index contributed by atoms with van der Waals surface area (Å²) in [7, 11) is 0. The molecule has 0 bridgehead atoms. The molecule has 4 rings (SSSR count). The van der Waals surface area contributed by atoms with Crippen molar-refractivity contribution in [1.29, 1.82) is 0 Å². The molecule has 0 aliphatic carbocycles. The lowest BCUT2D eigenvalue weighted by Gasteiger charge is -2.33. The molecule has 5 nitrogen and oxygen atoms in total. The summed E-state index contributed by atoms with van der Waals surface area (Å²) in [5.74, 6) is -0.617. The molecule has 1 atom stereocenters. The molecule has 152 valence electrons. The van der Waals surface area contributed by atoms with E-state index in [4.69, 9.17) is 0 Å². The van der Waals surface area contributed by atoms with E-state index in [2.05, 4.69) is 5.32 Å². The van der Waals surface area contributed by atoms with Gasteiger partial charge < -0.3 is 10.2 Å². The van der Waals surface area contributed by atoms with Crippen LogP contribution in [0.5, 0.6) is 0 Å². The number of carbonyl (C=O) groups excluding carboxylic acids is 2. The first kappa shape index (κ1) is 19.8. The lowest BCUT2D eigenvalue weighted by molar-refractivity contribution is -0.123. The summed E-state index contributed by atoms with van der Waals surface area (Å²) in [5.41, 5.74) is 2.89. The molecule has 3 amide bonds. The van der Waals surface area contributed by atoms with E-state index >= 15 is 0 Å². The van der Waals surface area contributed by atoms with E-state index in [0.29, 0.717) is 30.0 Å².